The van der Waals surface area contributed by atoms with Crippen molar-refractivity contribution in [3.8, 4) is 0 Å². The lowest BCUT2D eigenvalue weighted by molar-refractivity contribution is -0.0911. The third kappa shape index (κ3) is 4.86. The highest BCUT2D eigenvalue weighted by Gasteiger charge is 2.67. The first-order valence-corrected chi connectivity index (χ1v) is 29.4. The smallest absolute Gasteiger partial charge is 0.183 e. The van der Waals surface area contributed by atoms with Crippen molar-refractivity contribution in [1.29, 1.82) is 0 Å². The van der Waals surface area contributed by atoms with Gasteiger partial charge in [0.2, 0.25) is 0 Å². The van der Waals surface area contributed by atoms with Crippen LogP contribution in [0.15, 0.2) is 47.3 Å². The summed E-state index contributed by atoms with van der Waals surface area (Å²) in [6.07, 6.45) is 10.2. The molecule has 1 aromatic rings. The summed E-state index contributed by atoms with van der Waals surface area (Å²) in [4.78, 5) is 0. The third-order valence-electron chi connectivity index (χ3n) is 10.4. The van der Waals surface area contributed by atoms with Crippen LogP contribution in [0.3, 0.4) is 0 Å². The molecule has 5 saturated carbocycles. The quantitative estimate of drug-likeness (QED) is 0.231. The van der Waals surface area contributed by atoms with Crippen LogP contribution in [0.1, 0.15) is 56.4 Å². The predicted molar refractivity (Wildman–Crippen MR) is 167 cm³/mol. The summed E-state index contributed by atoms with van der Waals surface area (Å²) < 4.78 is 7.69. The van der Waals surface area contributed by atoms with Crippen LogP contribution >= 0.6 is 0 Å². The second-order valence-corrected chi connectivity index (χ2v) is 47.7. The Hall–Kier alpha value is -0.432. The molecule has 4 bridgehead atoms. The molecule has 198 valence electrons. The van der Waals surface area contributed by atoms with Crippen molar-refractivity contribution in [3.05, 3.63) is 52.9 Å². The highest BCUT2D eigenvalue weighted by molar-refractivity contribution is 7.71. The van der Waals surface area contributed by atoms with Crippen LogP contribution in [-0.4, -0.2) is 36.3 Å². The average Bonchev–Trinajstić information content (AvgIpc) is 3.50. The molecule has 36 heavy (non-hydrogen) atoms. The predicted octanol–water partition coefficient (Wildman–Crippen LogP) is 9.05. The third-order valence-corrected chi connectivity index (χ3v) is 49.5. The van der Waals surface area contributed by atoms with E-state index in [4.69, 9.17) is 4.43 Å². The normalized spacial score (nSPS) is 32.9. The number of benzene rings is 1. The lowest BCUT2D eigenvalue weighted by Gasteiger charge is -2.66. The fourth-order valence-corrected chi connectivity index (χ4v) is 56.5. The van der Waals surface area contributed by atoms with Crippen LogP contribution in [0.5, 0.6) is 0 Å². The van der Waals surface area contributed by atoms with Crippen molar-refractivity contribution in [2.24, 2.45) is 23.2 Å². The molecule has 5 aliphatic rings. The van der Waals surface area contributed by atoms with Gasteiger partial charge in [-0.25, -0.2) is 0 Å². The van der Waals surface area contributed by atoms with Gasteiger partial charge in [0.15, 0.2) is 8.32 Å². The van der Waals surface area contributed by atoms with Gasteiger partial charge in [0, 0.05) is 26.8 Å². The van der Waals surface area contributed by atoms with Gasteiger partial charge in [-0.2, -0.15) is 0 Å². The van der Waals surface area contributed by atoms with Crippen LogP contribution < -0.4 is 0 Å². The van der Waals surface area contributed by atoms with E-state index in [1.807, 2.05) is 0 Å². The van der Waals surface area contributed by atoms with Gasteiger partial charge >= 0.3 is 0 Å². The van der Waals surface area contributed by atoms with E-state index in [1.54, 1.807) is 5.57 Å². The van der Waals surface area contributed by atoms with Gasteiger partial charge in [-0.05, 0) is 98.9 Å². The Morgan fingerprint density at radius 2 is 1.31 bits per heavy atom. The minimum atomic E-state index is -1.94. The summed E-state index contributed by atoms with van der Waals surface area (Å²) in [7, 11) is -6.79. The molecule has 0 heterocycles. The molecule has 1 nitrogen and oxygen atoms in total. The van der Waals surface area contributed by atoms with E-state index >= 15 is 0 Å². The number of allylic oxidation sites excluding steroid dienone is 1. The Balaban J connectivity index is 1.65. The van der Waals surface area contributed by atoms with Crippen molar-refractivity contribution < 1.29 is 4.43 Å². The van der Waals surface area contributed by atoms with Crippen molar-refractivity contribution in [2.45, 2.75) is 116 Å². The summed E-state index contributed by atoms with van der Waals surface area (Å²) in [5, 5.41) is 0. The van der Waals surface area contributed by atoms with Crippen molar-refractivity contribution in [3.63, 3.8) is 0 Å². The molecule has 0 radical (unpaired) electrons. The topological polar surface area (TPSA) is 9.23 Å². The van der Waals surface area contributed by atoms with Gasteiger partial charge < -0.3 is 4.43 Å². The summed E-state index contributed by atoms with van der Waals surface area (Å²) in [5.41, 5.74) is 11.0. The van der Waals surface area contributed by atoms with Crippen LogP contribution in [0.4, 0.5) is 0 Å². The maximum Gasteiger partial charge on any atom is 0.183 e. The number of hydrogen-bond donors (Lipinski definition) is 0. The van der Waals surface area contributed by atoms with Crippen LogP contribution in [0.25, 0.3) is 0 Å². The zero-order chi connectivity index (χ0) is 26.1. The standard InChI is InChI=1S/C31H52OSi4/c1-33(2,3)32-30(31-21-24-17-25(22-31)19-26(18-24)23-31)36(34(4,5)6,35(7,8)9)16-15-28-20-29(28)27-13-11-10-12-14-27/h10-14,16,24-26,29-30H,17-23H2,1-9H3/t15?,24?,25?,26?,29-,30?,31?/m0/s1. The molecule has 0 amide bonds. The van der Waals surface area contributed by atoms with Gasteiger partial charge in [-0.15, -0.1) is 5.73 Å². The minimum absolute atomic E-state index is 0.451. The fourth-order valence-electron chi connectivity index (χ4n) is 9.50. The lowest BCUT2D eigenvalue weighted by atomic mass is 9.50. The molecular formula is C31H52OSi4. The van der Waals surface area contributed by atoms with Crippen molar-refractivity contribution >= 4 is 30.6 Å². The Morgan fingerprint density at radius 1 is 0.806 bits per heavy atom. The first-order chi connectivity index (χ1) is 16.6. The summed E-state index contributed by atoms with van der Waals surface area (Å²) in [6, 6.07) is 11.2. The van der Waals surface area contributed by atoms with E-state index in [0.717, 1.165) is 17.8 Å². The first kappa shape index (κ1) is 27.1. The molecule has 5 aliphatic carbocycles. The Morgan fingerprint density at radius 3 is 1.75 bits per heavy atom. The van der Waals surface area contributed by atoms with E-state index in [9.17, 15) is 0 Å². The minimum Gasteiger partial charge on any atom is -0.417 e. The lowest BCUT2D eigenvalue weighted by Crippen LogP contribution is -2.81. The monoisotopic (exact) mass is 552 g/mol. The molecular weight excluding hydrogens is 501 g/mol. The van der Waals surface area contributed by atoms with Crippen molar-refractivity contribution in [1.82, 2.24) is 0 Å². The molecule has 0 aromatic heterocycles. The van der Waals surface area contributed by atoms with E-state index < -0.39 is 30.6 Å². The van der Waals surface area contributed by atoms with Gasteiger partial charge in [0.1, 0.15) is 7.11 Å². The molecule has 0 aliphatic heterocycles. The van der Waals surface area contributed by atoms with Gasteiger partial charge in [0.05, 0.1) is 0 Å². The SMILES string of the molecule is C[Si](C)(C)OC(C12CC3CC(CC(C3)C1)C2)[Si](C=C=C1C[C@H]1c1ccccc1)([Si](C)(C)C)[Si](C)(C)C. The van der Waals surface area contributed by atoms with E-state index in [-0.39, 0.29) is 0 Å². The average molecular weight is 553 g/mol. The van der Waals surface area contributed by atoms with Gasteiger partial charge in [-0.3, -0.25) is 0 Å². The Labute approximate surface area is 225 Å². The summed E-state index contributed by atoms with van der Waals surface area (Å²) in [6.45, 7) is 23.8. The molecule has 2 atom stereocenters. The van der Waals surface area contributed by atoms with E-state index in [0.29, 0.717) is 17.1 Å². The van der Waals surface area contributed by atoms with Crippen molar-refractivity contribution in [2.75, 3.05) is 0 Å². The Bertz CT molecular complexity index is 984. The molecule has 1 aromatic carbocycles. The second kappa shape index (κ2) is 9.06. The van der Waals surface area contributed by atoms with Crippen LogP contribution in [-0.2, 0) is 4.43 Å². The van der Waals surface area contributed by atoms with Crippen LogP contribution in [0, 0.1) is 23.2 Å². The van der Waals surface area contributed by atoms with E-state index in [2.05, 4.69) is 101 Å². The van der Waals surface area contributed by atoms with E-state index in [1.165, 1.54) is 50.5 Å². The summed E-state index contributed by atoms with van der Waals surface area (Å²) >= 11 is 0. The largest absolute Gasteiger partial charge is 0.417 e. The van der Waals surface area contributed by atoms with Gasteiger partial charge in [-0.1, -0.05) is 75.3 Å². The zero-order valence-corrected chi connectivity index (χ0v) is 28.7. The molecule has 5 heteroatoms. The Kier molecular flexibility index (Phi) is 6.83. The highest BCUT2D eigenvalue weighted by atomic mass is 29.6. The molecule has 5 fully saturated rings. The highest BCUT2D eigenvalue weighted by Crippen LogP contribution is 2.64. The molecule has 0 saturated heterocycles. The second-order valence-electron chi connectivity index (χ2n) is 16.2. The zero-order valence-electron chi connectivity index (χ0n) is 24.7. The molecule has 0 spiro atoms. The maximum atomic E-state index is 7.69. The summed E-state index contributed by atoms with van der Waals surface area (Å²) in [5.74, 6) is 3.54. The van der Waals surface area contributed by atoms with Gasteiger partial charge in [0.25, 0.3) is 0 Å². The van der Waals surface area contributed by atoms with Crippen LogP contribution in [0.2, 0.25) is 58.9 Å². The molecule has 0 N–H and O–H groups in total. The fraction of sp³-hybridized carbons (Fsp3) is 0.710. The molecule has 6 rings (SSSR count). The first-order valence-electron chi connectivity index (χ1n) is 14.8. The number of hydrogen-bond acceptors (Lipinski definition) is 1. The maximum absolute atomic E-state index is 7.69. The molecule has 1 unspecified atom stereocenters. The number of rotatable bonds is 8.